The molecule has 1 aromatic carbocycles. The minimum atomic E-state index is 0. The van der Waals surface area contributed by atoms with Crippen molar-refractivity contribution in [2.45, 2.75) is 0 Å². The fourth-order valence-electron chi connectivity index (χ4n) is 0.780. The Balaban J connectivity index is 0.000000605. The molecule has 2 rings (SSSR count). The fraction of sp³-hybridized carbons (Fsp3) is 0. The smallest absolute Gasteiger partial charge is 0.350 e. The molecule has 5 heteroatoms. The Kier molecular flexibility index (Phi) is 2.90. The van der Waals surface area contributed by atoms with Crippen LogP contribution >= 0.6 is 11.6 Å². The van der Waals surface area contributed by atoms with E-state index in [1.165, 1.54) is 0 Å². The maximum absolute atomic E-state index is 5.68. The number of fused-ring (bicyclic) bond motifs is 1. The Bertz CT molecular complexity index is 359. The van der Waals surface area contributed by atoms with E-state index < -0.39 is 0 Å². The van der Waals surface area contributed by atoms with Crippen molar-refractivity contribution in [3.05, 3.63) is 23.2 Å². The molecule has 1 heterocycles. The summed E-state index contributed by atoms with van der Waals surface area (Å²) in [6.07, 6.45) is 0. The first kappa shape index (κ1) is 9.00. The van der Waals surface area contributed by atoms with Gasteiger partial charge in [-0.05, 0) is 23.2 Å². The zero-order valence-electron chi connectivity index (χ0n) is 5.95. The summed E-state index contributed by atoms with van der Waals surface area (Å²) < 4.78 is 0. The van der Waals surface area contributed by atoms with Crippen molar-refractivity contribution in [2.24, 2.45) is 0 Å². The minimum absolute atomic E-state index is 0. The summed E-state index contributed by atoms with van der Waals surface area (Å²) >= 11 is 5.68. The molecule has 0 saturated carbocycles. The number of hydrogen-bond donors (Lipinski definition) is 0. The zero-order chi connectivity index (χ0) is 6.97. The van der Waals surface area contributed by atoms with Gasteiger partial charge in [0.1, 0.15) is 0 Å². The SMILES string of the molecule is Clc1ccc2[n-]nnc2c1.[Na+]. The molecule has 0 unspecified atom stereocenters. The van der Waals surface area contributed by atoms with Gasteiger partial charge >= 0.3 is 29.6 Å². The van der Waals surface area contributed by atoms with Crippen molar-refractivity contribution in [2.75, 3.05) is 0 Å². The van der Waals surface area contributed by atoms with Crippen molar-refractivity contribution in [3.8, 4) is 0 Å². The van der Waals surface area contributed by atoms with Crippen LogP contribution in [0, 0.1) is 0 Å². The van der Waals surface area contributed by atoms with Crippen LogP contribution in [0.2, 0.25) is 5.02 Å². The third-order valence-electron chi connectivity index (χ3n) is 1.24. The molecule has 2 aromatic rings. The van der Waals surface area contributed by atoms with Crippen LogP contribution in [0.15, 0.2) is 18.2 Å². The quantitative estimate of drug-likeness (QED) is 0.446. The predicted octanol–water partition coefficient (Wildman–Crippen LogP) is -1.76. The summed E-state index contributed by atoms with van der Waals surface area (Å²) in [5, 5.41) is 11.6. The Hall–Kier alpha value is -0.0900. The second-order valence-corrected chi connectivity index (χ2v) is 2.36. The summed E-state index contributed by atoms with van der Waals surface area (Å²) in [5.41, 5.74) is 1.52. The van der Waals surface area contributed by atoms with Crippen molar-refractivity contribution in [1.29, 1.82) is 0 Å². The maximum Gasteiger partial charge on any atom is 1.00 e. The standard InChI is InChI=1S/C6H3ClN3.Na/c7-4-1-2-5-6(3-4)9-10-8-5;/h1-3H;/q-1;+1. The molecule has 0 atom stereocenters. The topological polar surface area (TPSA) is 39.9 Å². The molecule has 0 fully saturated rings. The van der Waals surface area contributed by atoms with Gasteiger partial charge in [-0.3, -0.25) is 5.21 Å². The molecule has 1 aromatic heterocycles. The fourth-order valence-corrected chi connectivity index (χ4v) is 0.946. The minimum Gasteiger partial charge on any atom is -0.350 e. The summed E-state index contributed by atoms with van der Waals surface area (Å²) in [4.78, 5) is 0. The van der Waals surface area contributed by atoms with Crippen LogP contribution in [0.4, 0.5) is 0 Å². The van der Waals surface area contributed by atoms with Gasteiger partial charge in [0.2, 0.25) is 0 Å². The number of nitrogens with zero attached hydrogens (tertiary/aromatic N) is 3. The summed E-state index contributed by atoms with van der Waals surface area (Å²) in [6, 6.07) is 5.29. The maximum atomic E-state index is 5.68. The van der Waals surface area contributed by atoms with E-state index in [2.05, 4.69) is 15.4 Å². The van der Waals surface area contributed by atoms with Gasteiger partial charge in [0.25, 0.3) is 0 Å². The molecule has 3 nitrogen and oxygen atoms in total. The Morgan fingerprint density at radius 3 is 3.00 bits per heavy atom. The largest absolute Gasteiger partial charge is 1.00 e. The van der Waals surface area contributed by atoms with Gasteiger partial charge in [-0.25, -0.2) is 0 Å². The molecule has 0 amide bonds. The monoisotopic (exact) mass is 175 g/mol. The number of halogens is 1. The third-order valence-corrected chi connectivity index (χ3v) is 1.48. The summed E-state index contributed by atoms with van der Waals surface area (Å²) in [6.45, 7) is 0. The van der Waals surface area contributed by atoms with E-state index >= 15 is 0 Å². The van der Waals surface area contributed by atoms with E-state index in [9.17, 15) is 0 Å². The Labute approximate surface area is 90.4 Å². The first-order valence-corrected chi connectivity index (χ1v) is 3.15. The molecule has 0 aliphatic carbocycles. The second-order valence-electron chi connectivity index (χ2n) is 1.92. The molecule has 0 N–H and O–H groups in total. The molecule has 0 aliphatic heterocycles. The number of rotatable bonds is 0. The predicted molar refractivity (Wildman–Crippen MR) is 37.9 cm³/mol. The molecule has 11 heavy (non-hydrogen) atoms. The Morgan fingerprint density at radius 1 is 1.36 bits per heavy atom. The van der Waals surface area contributed by atoms with Crippen LogP contribution in [0.25, 0.3) is 11.0 Å². The van der Waals surface area contributed by atoms with Gasteiger partial charge in [0.15, 0.2) is 0 Å². The van der Waals surface area contributed by atoms with E-state index in [0.717, 1.165) is 11.0 Å². The molecule has 0 spiro atoms. The summed E-state index contributed by atoms with van der Waals surface area (Å²) in [7, 11) is 0. The van der Waals surface area contributed by atoms with Gasteiger partial charge in [-0.2, -0.15) is 0 Å². The average molecular weight is 176 g/mol. The van der Waals surface area contributed by atoms with Crippen molar-refractivity contribution >= 4 is 22.6 Å². The van der Waals surface area contributed by atoms with Crippen molar-refractivity contribution in [3.63, 3.8) is 0 Å². The average Bonchev–Trinajstić information content (AvgIpc) is 2.33. The van der Waals surface area contributed by atoms with Gasteiger partial charge < -0.3 is 10.2 Å². The molecule has 0 saturated heterocycles. The number of hydrogen-bond acceptors (Lipinski definition) is 2. The summed E-state index contributed by atoms with van der Waals surface area (Å²) in [5.74, 6) is 0. The zero-order valence-corrected chi connectivity index (χ0v) is 8.71. The van der Waals surface area contributed by atoms with Gasteiger partial charge in [-0.1, -0.05) is 17.7 Å². The first-order valence-electron chi connectivity index (χ1n) is 2.77. The molecule has 0 radical (unpaired) electrons. The first-order chi connectivity index (χ1) is 4.86. The van der Waals surface area contributed by atoms with Crippen LogP contribution in [-0.2, 0) is 0 Å². The number of benzene rings is 1. The molecular weight excluding hydrogens is 173 g/mol. The number of aromatic nitrogens is 3. The molecule has 0 bridgehead atoms. The second kappa shape index (κ2) is 3.54. The van der Waals surface area contributed by atoms with Crippen LogP contribution < -0.4 is 34.7 Å². The third kappa shape index (κ3) is 1.73. The normalized spacial score (nSPS) is 9.55. The van der Waals surface area contributed by atoms with E-state index in [1.54, 1.807) is 18.2 Å². The van der Waals surface area contributed by atoms with Crippen LogP contribution in [-0.4, -0.2) is 10.3 Å². The van der Waals surface area contributed by atoms with E-state index in [-0.39, 0.29) is 29.6 Å². The molecule has 50 valence electrons. The van der Waals surface area contributed by atoms with E-state index in [1.807, 2.05) is 0 Å². The van der Waals surface area contributed by atoms with E-state index in [4.69, 9.17) is 11.6 Å². The molecule has 0 aliphatic rings. The van der Waals surface area contributed by atoms with Crippen LogP contribution in [0.3, 0.4) is 0 Å². The van der Waals surface area contributed by atoms with Gasteiger partial charge in [0.05, 0.1) is 0 Å². The van der Waals surface area contributed by atoms with Crippen LogP contribution in [0.5, 0.6) is 0 Å². The molecular formula is C6H3ClN3Na. The Morgan fingerprint density at radius 2 is 2.18 bits per heavy atom. The van der Waals surface area contributed by atoms with Crippen molar-refractivity contribution in [1.82, 2.24) is 15.4 Å². The van der Waals surface area contributed by atoms with Crippen LogP contribution in [0.1, 0.15) is 0 Å². The van der Waals surface area contributed by atoms with Crippen molar-refractivity contribution < 1.29 is 29.6 Å². The van der Waals surface area contributed by atoms with E-state index in [0.29, 0.717) is 5.02 Å². The van der Waals surface area contributed by atoms with Gasteiger partial charge in [-0.15, -0.1) is 0 Å². The van der Waals surface area contributed by atoms with Gasteiger partial charge in [0, 0.05) is 5.02 Å².